The van der Waals surface area contributed by atoms with Gasteiger partial charge in [0, 0.05) is 13.1 Å². The molecule has 1 fully saturated rings. The van der Waals surface area contributed by atoms with Crippen LogP contribution in [0.2, 0.25) is 0 Å². The number of carbonyl (C=O) groups is 1. The van der Waals surface area contributed by atoms with Crippen LogP contribution in [0.25, 0.3) is 0 Å². The molecule has 0 saturated heterocycles. The summed E-state index contributed by atoms with van der Waals surface area (Å²) in [6.45, 7) is 3.43. The first kappa shape index (κ1) is 10.8. The van der Waals surface area contributed by atoms with E-state index in [4.69, 9.17) is 0 Å². The smallest absolute Gasteiger partial charge is 0.324 e. The highest BCUT2D eigenvalue weighted by Crippen LogP contribution is 2.45. The van der Waals surface area contributed by atoms with Gasteiger partial charge in [-0.3, -0.25) is 9.69 Å². The molecule has 90 valence electrons. The van der Waals surface area contributed by atoms with Gasteiger partial charge < -0.3 is 5.11 Å². The molecule has 1 aliphatic heterocycles. The summed E-state index contributed by atoms with van der Waals surface area (Å²) in [5.74, 6) is -0.345. The third-order valence-electron chi connectivity index (χ3n) is 4.30. The molecule has 1 atom stereocenters. The molecule has 1 N–H and O–H groups in total. The molecule has 0 bridgehead atoms. The number of hydrogen-bond donors (Lipinski definition) is 1. The highest BCUT2D eigenvalue weighted by Gasteiger charge is 2.52. The highest BCUT2D eigenvalue weighted by atomic mass is 16.4. The van der Waals surface area contributed by atoms with Gasteiger partial charge >= 0.3 is 5.97 Å². The van der Waals surface area contributed by atoms with Gasteiger partial charge in [-0.1, -0.05) is 24.3 Å². The Bertz CT molecular complexity index is 442. The van der Waals surface area contributed by atoms with Crippen molar-refractivity contribution in [3.05, 3.63) is 35.4 Å². The van der Waals surface area contributed by atoms with Gasteiger partial charge in [0.05, 0.1) is 0 Å². The Morgan fingerprint density at radius 3 is 2.24 bits per heavy atom. The first-order chi connectivity index (χ1) is 8.12. The molecule has 0 spiro atoms. The summed E-state index contributed by atoms with van der Waals surface area (Å²) in [6.07, 6.45) is 2.10. The lowest BCUT2D eigenvalue weighted by Gasteiger charge is -2.35. The van der Waals surface area contributed by atoms with Gasteiger partial charge in [-0.05, 0) is 36.8 Å². The van der Waals surface area contributed by atoms with E-state index >= 15 is 0 Å². The maximum Gasteiger partial charge on any atom is 0.324 e. The summed E-state index contributed by atoms with van der Waals surface area (Å²) in [6, 6.07) is 8.25. The van der Waals surface area contributed by atoms with Crippen molar-refractivity contribution in [1.29, 1.82) is 0 Å². The minimum atomic E-state index is -0.682. The molecule has 3 heteroatoms. The van der Waals surface area contributed by atoms with Gasteiger partial charge in [0.25, 0.3) is 0 Å². The van der Waals surface area contributed by atoms with Gasteiger partial charge in [0.15, 0.2) is 0 Å². The maximum atomic E-state index is 11.6. The van der Waals surface area contributed by atoms with Crippen LogP contribution in [-0.2, 0) is 17.9 Å². The third kappa shape index (κ3) is 1.57. The SMILES string of the molecule is CC(C(=O)O)(C1CC1)N1Cc2ccccc2C1. The van der Waals surface area contributed by atoms with Crippen LogP contribution in [0.5, 0.6) is 0 Å². The van der Waals surface area contributed by atoms with Gasteiger partial charge in [-0.2, -0.15) is 0 Å². The van der Waals surface area contributed by atoms with E-state index in [0.29, 0.717) is 5.92 Å². The van der Waals surface area contributed by atoms with E-state index in [2.05, 4.69) is 17.0 Å². The van der Waals surface area contributed by atoms with E-state index < -0.39 is 11.5 Å². The fraction of sp³-hybridized carbons (Fsp3) is 0.500. The lowest BCUT2D eigenvalue weighted by atomic mass is 9.94. The minimum absolute atomic E-state index is 0.328. The topological polar surface area (TPSA) is 40.5 Å². The number of carboxylic acids is 1. The van der Waals surface area contributed by atoms with Crippen LogP contribution in [0.3, 0.4) is 0 Å². The molecule has 3 rings (SSSR count). The highest BCUT2D eigenvalue weighted by molar-refractivity contribution is 5.79. The fourth-order valence-electron chi connectivity index (χ4n) is 2.88. The Morgan fingerprint density at radius 2 is 1.82 bits per heavy atom. The van der Waals surface area contributed by atoms with Crippen LogP contribution < -0.4 is 0 Å². The molecule has 1 aromatic carbocycles. The van der Waals surface area contributed by atoms with Crippen LogP contribution in [0.4, 0.5) is 0 Å². The van der Waals surface area contributed by atoms with E-state index in [1.165, 1.54) is 11.1 Å². The predicted octanol–water partition coefficient (Wildman–Crippen LogP) is 2.26. The second-order valence-corrected chi connectivity index (χ2v) is 5.35. The maximum absolute atomic E-state index is 11.6. The zero-order valence-electron chi connectivity index (χ0n) is 10.0. The second-order valence-electron chi connectivity index (χ2n) is 5.35. The van der Waals surface area contributed by atoms with Crippen LogP contribution in [0.15, 0.2) is 24.3 Å². The molecule has 0 radical (unpaired) electrons. The van der Waals surface area contributed by atoms with E-state index in [1.807, 2.05) is 19.1 Å². The summed E-state index contributed by atoms with van der Waals surface area (Å²) in [5.41, 5.74) is 1.88. The molecule has 0 amide bonds. The third-order valence-corrected chi connectivity index (χ3v) is 4.30. The van der Waals surface area contributed by atoms with Crippen LogP contribution in [0.1, 0.15) is 30.9 Å². The summed E-state index contributed by atoms with van der Waals surface area (Å²) in [5, 5.41) is 9.54. The second kappa shape index (κ2) is 3.57. The van der Waals surface area contributed by atoms with E-state index in [9.17, 15) is 9.90 Å². The number of benzene rings is 1. The number of hydrogen-bond acceptors (Lipinski definition) is 2. The lowest BCUT2D eigenvalue weighted by Crippen LogP contribution is -2.51. The number of fused-ring (bicyclic) bond motifs is 1. The molecule has 2 aliphatic rings. The Morgan fingerprint density at radius 1 is 1.29 bits per heavy atom. The largest absolute Gasteiger partial charge is 0.480 e. The predicted molar refractivity (Wildman–Crippen MR) is 64.5 cm³/mol. The van der Waals surface area contributed by atoms with Crippen molar-refractivity contribution in [3.8, 4) is 0 Å². The molecule has 17 heavy (non-hydrogen) atoms. The summed E-state index contributed by atoms with van der Waals surface area (Å²) in [7, 11) is 0. The minimum Gasteiger partial charge on any atom is -0.480 e. The van der Waals surface area contributed by atoms with Crippen molar-refractivity contribution in [2.75, 3.05) is 0 Å². The fourth-order valence-corrected chi connectivity index (χ4v) is 2.88. The number of carboxylic acid groups (broad SMARTS) is 1. The van der Waals surface area contributed by atoms with Crippen molar-refractivity contribution in [1.82, 2.24) is 4.90 Å². The average Bonchev–Trinajstić information content (AvgIpc) is 3.06. The molecule has 1 unspecified atom stereocenters. The molecular weight excluding hydrogens is 214 g/mol. The molecular formula is C14H17NO2. The van der Waals surface area contributed by atoms with Crippen LogP contribution in [-0.4, -0.2) is 21.5 Å². The Balaban J connectivity index is 1.90. The van der Waals surface area contributed by atoms with Crippen LogP contribution in [0, 0.1) is 5.92 Å². The van der Waals surface area contributed by atoms with E-state index in [-0.39, 0.29) is 0 Å². The Labute approximate surface area is 101 Å². The molecule has 0 aromatic heterocycles. The van der Waals surface area contributed by atoms with Crippen molar-refractivity contribution in [2.45, 2.75) is 38.4 Å². The quantitative estimate of drug-likeness (QED) is 0.867. The Hall–Kier alpha value is -1.35. The van der Waals surface area contributed by atoms with Crippen molar-refractivity contribution < 1.29 is 9.90 Å². The van der Waals surface area contributed by atoms with Crippen molar-refractivity contribution in [2.24, 2.45) is 5.92 Å². The van der Waals surface area contributed by atoms with E-state index in [0.717, 1.165) is 25.9 Å². The van der Waals surface area contributed by atoms with Gasteiger partial charge in [-0.25, -0.2) is 0 Å². The zero-order valence-corrected chi connectivity index (χ0v) is 10.0. The molecule has 1 saturated carbocycles. The summed E-state index contributed by atoms with van der Waals surface area (Å²) in [4.78, 5) is 13.7. The van der Waals surface area contributed by atoms with Gasteiger partial charge in [-0.15, -0.1) is 0 Å². The van der Waals surface area contributed by atoms with Crippen molar-refractivity contribution >= 4 is 5.97 Å². The molecule has 1 aliphatic carbocycles. The molecule has 1 heterocycles. The zero-order chi connectivity index (χ0) is 12.0. The Kier molecular flexibility index (Phi) is 2.26. The number of rotatable bonds is 3. The van der Waals surface area contributed by atoms with Gasteiger partial charge in [0.1, 0.15) is 5.54 Å². The normalized spacial score (nSPS) is 23.1. The average molecular weight is 231 g/mol. The van der Waals surface area contributed by atoms with Gasteiger partial charge in [0.2, 0.25) is 0 Å². The molecule has 1 aromatic rings. The van der Waals surface area contributed by atoms with Crippen LogP contribution >= 0.6 is 0 Å². The summed E-state index contributed by atoms with van der Waals surface area (Å²) < 4.78 is 0. The first-order valence-electron chi connectivity index (χ1n) is 6.17. The van der Waals surface area contributed by atoms with E-state index in [1.54, 1.807) is 0 Å². The standard InChI is InChI=1S/C14H17NO2/c1-14(13(16)17,12-6-7-12)15-8-10-4-2-3-5-11(10)9-15/h2-5,12H,6-9H2,1H3,(H,16,17). The lowest BCUT2D eigenvalue weighted by molar-refractivity contribution is -0.152. The first-order valence-corrected chi connectivity index (χ1v) is 6.17. The number of aliphatic carboxylic acids is 1. The van der Waals surface area contributed by atoms with Crippen molar-refractivity contribution in [3.63, 3.8) is 0 Å². The summed E-state index contributed by atoms with van der Waals surface area (Å²) >= 11 is 0. The monoisotopic (exact) mass is 231 g/mol. The molecule has 3 nitrogen and oxygen atoms in total. The number of nitrogens with zero attached hydrogens (tertiary/aromatic N) is 1.